The minimum absolute atomic E-state index is 0. The highest BCUT2D eigenvalue weighted by molar-refractivity contribution is 6.41. The third-order valence-corrected chi connectivity index (χ3v) is 9.03. The molecule has 5 rings (SSSR count). The summed E-state index contributed by atoms with van der Waals surface area (Å²) in [6.07, 6.45) is 6.16. The van der Waals surface area contributed by atoms with E-state index in [1.807, 2.05) is 34.0 Å². The lowest BCUT2D eigenvalue weighted by molar-refractivity contribution is -0.898. The Balaban J connectivity index is 0.00000650. The van der Waals surface area contributed by atoms with Gasteiger partial charge in [0.15, 0.2) is 5.69 Å². The number of hydrogen-bond donors (Lipinski definition) is 2. The molecule has 0 aliphatic heterocycles. The summed E-state index contributed by atoms with van der Waals surface area (Å²) in [5, 5.41) is 18.3. The highest BCUT2D eigenvalue weighted by Gasteiger charge is 2.27. The highest BCUT2D eigenvalue weighted by atomic mass is 79.9. The van der Waals surface area contributed by atoms with E-state index in [-0.39, 0.29) is 74.0 Å². The number of fused-ring (bicyclic) bond motifs is 1. The summed E-state index contributed by atoms with van der Waals surface area (Å²) in [7, 11) is 8.43. The monoisotopic (exact) mass is 843 g/mol. The molecular weight excluding hydrogens is 805 g/mol. The smallest absolute Gasteiger partial charge is 0.390 e. The van der Waals surface area contributed by atoms with E-state index in [0.29, 0.717) is 51.5 Å². The van der Waals surface area contributed by atoms with Crippen molar-refractivity contribution in [3.63, 3.8) is 0 Å². The van der Waals surface area contributed by atoms with Gasteiger partial charge in [0, 0.05) is 48.1 Å². The molecule has 0 saturated heterocycles. The van der Waals surface area contributed by atoms with Crippen LogP contribution in [-0.2, 0) is 24.9 Å². The van der Waals surface area contributed by atoms with Gasteiger partial charge in [-0.1, -0.05) is 35.3 Å². The number of halogens is 3. The molecule has 1 amide bonds. The van der Waals surface area contributed by atoms with Gasteiger partial charge in [0.05, 0.1) is 57.0 Å². The quantitative estimate of drug-likeness (QED) is 0.0734. The maximum Gasteiger partial charge on any atom is 0.390 e. The first-order valence-corrected chi connectivity index (χ1v) is 17.2. The van der Waals surface area contributed by atoms with Crippen molar-refractivity contribution in [3.8, 4) is 22.6 Å². The van der Waals surface area contributed by atoms with Crippen molar-refractivity contribution >= 4 is 57.6 Å². The minimum Gasteiger partial charge on any atom is -1.00 e. The predicted molar refractivity (Wildman–Crippen MR) is 205 cm³/mol. The van der Waals surface area contributed by atoms with Gasteiger partial charge in [-0.3, -0.25) is 14.2 Å². The first kappa shape index (κ1) is 41.7. The van der Waals surface area contributed by atoms with Crippen LogP contribution in [0.15, 0.2) is 65.9 Å². The SMILES string of the molecule is COc1cc(OC)c(Cl)c(-c2cc3cnc(NC(C)C)nc3n(Cc3cccc(NC(=O)/C=C/C[N+](C)(C)Cc4c([N+](=O)[O-])ncn4C)c3)c2=O)c1Cl.[Br-]. The number of nitro groups is 1. The van der Waals surface area contributed by atoms with Crippen LogP contribution in [0.3, 0.4) is 0 Å². The second-order valence-corrected chi connectivity index (χ2v) is 14.0. The number of carbonyl (C=O) groups excluding carboxylic acids is 1. The number of likely N-dealkylation sites (N-methyl/N-ethyl adjacent to an activating group) is 1. The average Bonchev–Trinajstić information content (AvgIpc) is 3.45. The number of amides is 1. The summed E-state index contributed by atoms with van der Waals surface area (Å²) < 4.78 is 14.4. The van der Waals surface area contributed by atoms with E-state index in [4.69, 9.17) is 37.7 Å². The number of anilines is 2. The second kappa shape index (κ2) is 17.4. The molecule has 0 saturated carbocycles. The van der Waals surface area contributed by atoms with Crippen molar-refractivity contribution in [1.82, 2.24) is 24.1 Å². The van der Waals surface area contributed by atoms with Gasteiger partial charge in [-0.2, -0.15) is 4.98 Å². The molecule has 3 heterocycles. The Bertz CT molecular complexity index is 2260. The molecule has 18 heteroatoms. The fourth-order valence-electron chi connectivity index (χ4n) is 5.74. The molecule has 2 aromatic carbocycles. The molecule has 0 spiro atoms. The van der Waals surface area contributed by atoms with Crippen molar-refractivity contribution < 1.29 is 40.7 Å². The molecular formula is C36H40BrCl2N9O6. The number of carbonyl (C=O) groups is 1. The predicted octanol–water partition coefficient (Wildman–Crippen LogP) is 3.07. The zero-order valence-electron chi connectivity index (χ0n) is 30.7. The number of aromatic nitrogens is 5. The lowest BCUT2D eigenvalue weighted by atomic mass is 10.0. The van der Waals surface area contributed by atoms with E-state index in [1.54, 1.807) is 54.2 Å². The van der Waals surface area contributed by atoms with Gasteiger partial charge in [-0.25, -0.2) is 4.98 Å². The number of methoxy groups -OCH3 is 2. The second-order valence-electron chi connectivity index (χ2n) is 13.3. The molecule has 286 valence electrons. The van der Waals surface area contributed by atoms with Gasteiger partial charge in [-0.15, -0.1) is 0 Å². The van der Waals surface area contributed by atoms with Crippen LogP contribution in [0.2, 0.25) is 10.0 Å². The number of hydrogen-bond acceptors (Lipinski definition) is 10. The van der Waals surface area contributed by atoms with Crippen LogP contribution in [0.5, 0.6) is 11.5 Å². The van der Waals surface area contributed by atoms with E-state index in [9.17, 15) is 19.7 Å². The Kier molecular flexibility index (Phi) is 13.5. The molecule has 0 atom stereocenters. The zero-order valence-corrected chi connectivity index (χ0v) is 33.8. The lowest BCUT2D eigenvalue weighted by Gasteiger charge is -2.27. The largest absolute Gasteiger partial charge is 1.00 e. The average molecular weight is 846 g/mol. The molecule has 3 aromatic heterocycles. The topological polar surface area (TPSA) is 168 Å². The van der Waals surface area contributed by atoms with Crippen molar-refractivity contribution in [2.75, 3.05) is 45.5 Å². The Labute approximate surface area is 332 Å². The Morgan fingerprint density at radius 1 is 1.09 bits per heavy atom. The van der Waals surface area contributed by atoms with Crippen molar-refractivity contribution in [3.05, 3.63) is 103 Å². The summed E-state index contributed by atoms with van der Waals surface area (Å²) in [4.78, 5) is 51.3. The maximum absolute atomic E-state index is 14.4. The van der Waals surface area contributed by atoms with Gasteiger partial charge in [0.1, 0.15) is 23.7 Å². The summed E-state index contributed by atoms with van der Waals surface area (Å²) in [5.41, 5.74) is 2.05. The van der Waals surface area contributed by atoms with Crippen molar-refractivity contribution in [2.45, 2.75) is 33.0 Å². The number of nitrogens with zero attached hydrogens (tertiary/aromatic N) is 7. The van der Waals surface area contributed by atoms with Crippen LogP contribution in [-0.4, -0.2) is 80.3 Å². The number of pyridine rings is 1. The number of rotatable bonds is 14. The van der Waals surface area contributed by atoms with E-state index in [0.717, 1.165) is 0 Å². The Hall–Kier alpha value is -5.03. The van der Waals surface area contributed by atoms with Gasteiger partial charge in [-0.05, 0) is 53.6 Å². The van der Waals surface area contributed by atoms with E-state index in [2.05, 4.69) is 20.6 Å². The minimum atomic E-state index is -0.499. The summed E-state index contributed by atoms with van der Waals surface area (Å²) >= 11 is 13.5. The molecule has 0 radical (unpaired) electrons. The van der Waals surface area contributed by atoms with E-state index in [1.165, 1.54) is 31.2 Å². The van der Waals surface area contributed by atoms with Gasteiger partial charge in [0.2, 0.25) is 18.2 Å². The third kappa shape index (κ3) is 9.36. The molecule has 0 aliphatic carbocycles. The third-order valence-electron chi connectivity index (χ3n) is 8.28. The summed E-state index contributed by atoms with van der Waals surface area (Å²) in [5.74, 6) is 0.348. The van der Waals surface area contributed by atoms with Crippen LogP contribution in [0.1, 0.15) is 25.1 Å². The van der Waals surface area contributed by atoms with Crippen molar-refractivity contribution in [2.24, 2.45) is 7.05 Å². The molecule has 2 N–H and O–H groups in total. The highest BCUT2D eigenvalue weighted by Crippen LogP contribution is 2.45. The lowest BCUT2D eigenvalue weighted by Crippen LogP contribution is -3.00. The van der Waals surface area contributed by atoms with Gasteiger partial charge in [0.25, 0.3) is 5.56 Å². The van der Waals surface area contributed by atoms with Crippen LogP contribution >= 0.6 is 23.2 Å². The standard InChI is InChI=1S/C36H39Cl2N9O6.BrH/c1-21(2)41-36-39-17-23-15-25(30-31(37)27(52-6)16-28(53-7)32(30)38)35(49)45(33(23)43-36)18-22-10-8-11-24(14-22)42-29(48)12-9-13-47(4,5)19-26-34(46(50)51)40-20-44(26)3;/h8-12,14-17,20-21H,13,18-19H2,1-7H3,(H-,39,41,42,43,48,49);1H/b12-9+;. The molecule has 0 aliphatic rings. The first-order chi connectivity index (χ1) is 25.1. The summed E-state index contributed by atoms with van der Waals surface area (Å²) in [6.45, 7) is 4.73. The first-order valence-electron chi connectivity index (χ1n) is 16.4. The van der Waals surface area contributed by atoms with Gasteiger partial charge < -0.3 is 56.3 Å². The summed E-state index contributed by atoms with van der Waals surface area (Å²) in [6, 6.07) is 10.3. The molecule has 15 nitrogen and oxygen atoms in total. The van der Waals surface area contributed by atoms with Crippen LogP contribution in [0, 0.1) is 10.1 Å². The molecule has 5 aromatic rings. The van der Waals surface area contributed by atoms with Crippen molar-refractivity contribution in [1.29, 1.82) is 0 Å². The molecule has 0 fully saturated rings. The van der Waals surface area contributed by atoms with E-state index < -0.39 is 10.5 Å². The number of ether oxygens (including phenoxy) is 2. The number of quaternary nitrogens is 1. The number of benzene rings is 2. The normalized spacial score (nSPS) is 11.5. The fraction of sp³-hybridized carbons (Fsp3) is 0.306. The zero-order chi connectivity index (χ0) is 38.6. The van der Waals surface area contributed by atoms with E-state index >= 15 is 0 Å². The Morgan fingerprint density at radius 3 is 2.41 bits per heavy atom. The number of nitrogens with one attached hydrogen (secondary N) is 2. The van der Waals surface area contributed by atoms with Gasteiger partial charge >= 0.3 is 5.82 Å². The molecule has 0 bridgehead atoms. The fourth-order valence-corrected chi connectivity index (χ4v) is 6.45. The number of aryl methyl sites for hydroxylation is 1. The molecule has 54 heavy (non-hydrogen) atoms. The van der Waals surface area contributed by atoms with Crippen LogP contribution in [0.4, 0.5) is 17.5 Å². The van der Waals surface area contributed by atoms with Crippen LogP contribution in [0.25, 0.3) is 22.2 Å². The Morgan fingerprint density at radius 2 is 1.78 bits per heavy atom. The molecule has 0 unspecified atom stereocenters. The number of imidazole rings is 1. The maximum atomic E-state index is 14.4. The van der Waals surface area contributed by atoms with Crippen LogP contribution < -0.4 is 42.6 Å².